The highest BCUT2D eigenvalue weighted by molar-refractivity contribution is 5.93. The summed E-state index contributed by atoms with van der Waals surface area (Å²) in [5.41, 5.74) is 7.18. The lowest BCUT2D eigenvalue weighted by Gasteiger charge is -2.23. The van der Waals surface area contributed by atoms with Gasteiger partial charge in [0.05, 0.1) is 12.5 Å². The van der Waals surface area contributed by atoms with Crippen LogP contribution in [0.3, 0.4) is 0 Å². The monoisotopic (exact) mass is 357 g/mol. The molecule has 0 aliphatic rings. The lowest BCUT2D eigenvalue weighted by molar-refractivity contribution is -0.134. The number of carbonyl (C=O) groups excluding carboxylic acids is 2. The molecule has 0 spiro atoms. The van der Waals surface area contributed by atoms with Gasteiger partial charge in [-0.3, -0.25) is 9.59 Å². The van der Waals surface area contributed by atoms with Gasteiger partial charge in [0.25, 0.3) is 5.91 Å². The first kappa shape index (κ1) is 22.4. The second-order valence-corrected chi connectivity index (χ2v) is 5.60. The molecule has 2 N–H and O–H groups in total. The lowest BCUT2D eigenvalue weighted by atomic mass is 10.1. The van der Waals surface area contributed by atoms with Crippen molar-refractivity contribution in [3.63, 3.8) is 0 Å². The van der Waals surface area contributed by atoms with Crippen LogP contribution in [-0.2, 0) is 16.1 Å². The van der Waals surface area contributed by atoms with Crippen molar-refractivity contribution in [1.29, 1.82) is 0 Å². The predicted molar refractivity (Wildman–Crippen MR) is 97.3 cm³/mol. The van der Waals surface area contributed by atoms with E-state index >= 15 is 0 Å². The smallest absolute Gasteiger partial charge is 0.253 e. The Morgan fingerprint density at radius 2 is 1.79 bits per heavy atom. The summed E-state index contributed by atoms with van der Waals surface area (Å²) >= 11 is 0. The average Bonchev–Trinajstić information content (AvgIpc) is 2.56. The molecule has 7 heteroatoms. The van der Waals surface area contributed by atoms with Crippen LogP contribution in [0.1, 0.15) is 29.3 Å². The van der Waals surface area contributed by atoms with Gasteiger partial charge in [0.15, 0.2) is 0 Å². The van der Waals surface area contributed by atoms with Gasteiger partial charge in [0.1, 0.15) is 0 Å². The molecule has 2 amide bonds. The van der Waals surface area contributed by atoms with Gasteiger partial charge in [-0.2, -0.15) is 0 Å². The molecule has 0 aromatic heterocycles. The maximum Gasteiger partial charge on any atom is 0.253 e. The molecule has 0 saturated carbocycles. The number of benzene rings is 1. The van der Waals surface area contributed by atoms with Crippen LogP contribution < -0.4 is 5.73 Å². The first-order valence-corrected chi connectivity index (χ1v) is 7.74. The van der Waals surface area contributed by atoms with Crippen LogP contribution in [0.5, 0.6) is 0 Å². The maximum absolute atomic E-state index is 12.3. The Hall–Kier alpha value is -1.63. The van der Waals surface area contributed by atoms with Crippen LogP contribution in [0, 0.1) is 0 Å². The molecule has 136 valence electrons. The molecule has 1 unspecified atom stereocenters. The molecule has 0 radical (unpaired) electrons. The lowest BCUT2D eigenvalue weighted by Crippen LogP contribution is -2.35. The number of ether oxygens (including phenoxy) is 1. The van der Waals surface area contributed by atoms with Crippen molar-refractivity contribution in [2.45, 2.75) is 26.0 Å². The van der Waals surface area contributed by atoms with Crippen molar-refractivity contribution in [3.05, 3.63) is 35.4 Å². The van der Waals surface area contributed by atoms with Gasteiger partial charge in [0.2, 0.25) is 5.91 Å². The number of nitrogens with two attached hydrogens (primary N) is 1. The Balaban J connectivity index is 0.00000529. The zero-order chi connectivity index (χ0) is 17.4. The third-order valence-electron chi connectivity index (χ3n) is 3.71. The van der Waals surface area contributed by atoms with E-state index in [0.717, 1.165) is 5.56 Å². The Labute approximate surface area is 150 Å². The van der Waals surface area contributed by atoms with Gasteiger partial charge < -0.3 is 20.3 Å². The minimum absolute atomic E-state index is 0. The third-order valence-corrected chi connectivity index (χ3v) is 3.71. The summed E-state index contributed by atoms with van der Waals surface area (Å²) in [6, 6.07) is 7.33. The summed E-state index contributed by atoms with van der Waals surface area (Å²) in [6.07, 6.45) is 0.0227. The minimum Gasteiger partial charge on any atom is -0.380 e. The molecular formula is C17H28ClN3O3. The van der Waals surface area contributed by atoms with Crippen LogP contribution in [0.25, 0.3) is 0 Å². The second kappa shape index (κ2) is 11.0. The highest BCUT2D eigenvalue weighted by atomic mass is 35.5. The second-order valence-electron chi connectivity index (χ2n) is 5.60. The molecule has 0 aliphatic carbocycles. The predicted octanol–water partition coefficient (Wildman–Crippen LogP) is 1.52. The van der Waals surface area contributed by atoms with Crippen molar-refractivity contribution in [2.24, 2.45) is 5.73 Å². The Morgan fingerprint density at radius 3 is 2.21 bits per heavy atom. The molecule has 1 atom stereocenters. The van der Waals surface area contributed by atoms with Crippen molar-refractivity contribution < 1.29 is 14.3 Å². The topological polar surface area (TPSA) is 75.9 Å². The fourth-order valence-corrected chi connectivity index (χ4v) is 2.19. The summed E-state index contributed by atoms with van der Waals surface area (Å²) in [5.74, 6) is -0.0240. The fourth-order valence-electron chi connectivity index (χ4n) is 2.19. The normalized spacial score (nSPS) is 11.4. The fraction of sp³-hybridized carbons (Fsp3) is 0.529. The molecule has 1 aromatic rings. The molecule has 0 saturated heterocycles. The van der Waals surface area contributed by atoms with Gasteiger partial charge >= 0.3 is 0 Å². The summed E-state index contributed by atoms with van der Waals surface area (Å²) in [6.45, 7) is 3.37. The van der Waals surface area contributed by atoms with Crippen molar-refractivity contribution in [3.8, 4) is 0 Å². The standard InChI is InChI=1S/C17H27N3O3.ClH/c1-5-20(16(21)10-15(11-18)23-4)12-13-6-8-14(9-7-13)17(22)19(2)3;/h6-9,15H,5,10-12,18H2,1-4H3;1H. The molecule has 24 heavy (non-hydrogen) atoms. The third kappa shape index (κ3) is 6.47. The van der Waals surface area contributed by atoms with E-state index in [9.17, 15) is 9.59 Å². The van der Waals surface area contributed by atoms with Crippen molar-refractivity contribution in [2.75, 3.05) is 34.3 Å². The van der Waals surface area contributed by atoms with E-state index in [1.165, 1.54) is 4.90 Å². The van der Waals surface area contributed by atoms with Crippen LogP contribution in [0.15, 0.2) is 24.3 Å². The highest BCUT2D eigenvalue weighted by Crippen LogP contribution is 2.11. The number of amides is 2. The van der Waals surface area contributed by atoms with Crippen molar-refractivity contribution >= 4 is 24.2 Å². The summed E-state index contributed by atoms with van der Waals surface area (Å²) in [4.78, 5) is 27.5. The number of hydrogen-bond donors (Lipinski definition) is 1. The Kier molecular flexibility index (Phi) is 10.3. The van der Waals surface area contributed by atoms with E-state index in [1.54, 1.807) is 38.2 Å². The van der Waals surface area contributed by atoms with E-state index in [0.29, 0.717) is 25.2 Å². The van der Waals surface area contributed by atoms with Crippen LogP contribution in [0.2, 0.25) is 0 Å². The number of nitrogens with zero attached hydrogens (tertiary/aromatic N) is 2. The number of methoxy groups -OCH3 is 1. The Bertz CT molecular complexity index is 516. The maximum atomic E-state index is 12.3. The SMILES string of the molecule is CCN(Cc1ccc(C(=O)N(C)C)cc1)C(=O)CC(CN)OC.Cl. The molecule has 1 aromatic carbocycles. The molecule has 0 heterocycles. The van der Waals surface area contributed by atoms with E-state index in [-0.39, 0.29) is 36.7 Å². The average molecular weight is 358 g/mol. The summed E-state index contributed by atoms with van der Waals surface area (Å²) in [7, 11) is 5.00. The van der Waals surface area contributed by atoms with E-state index < -0.39 is 0 Å². The first-order valence-electron chi connectivity index (χ1n) is 7.74. The van der Waals surface area contributed by atoms with Crippen LogP contribution in [0.4, 0.5) is 0 Å². The molecule has 0 bridgehead atoms. The van der Waals surface area contributed by atoms with Gasteiger partial charge in [-0.15, -0.1) is 12.4 Å². The largest absolute Gasteiger partial charge is 0.380 e. The van der Waals surface area contributed by atoms with E-state index in [2.05, 4.69) is 0 Å². The van der Waals surface area contributed by atoms with E-state index in [1.807, 2.05) is 19.1 Å². The molecule has 1 rings (SSSR count). The molecule has 0 aliphatic heterocycles. The summed E-state index contributed by atoms with van der Waals surface area (Å²) < 4.78 is 5.16. The minimum atomic E-state index is -0.253. The number of halogens is 1. The zero-order valence-corrected chi connectivity index (χ0v) is 15.6. The van der Waals surface area contributed by atoms with E-state index in [4.69, 9.17) is 10.5 Å². The van der Waals surface area contributed by atoms with Gasteiger partial charge in [-0.05, 0) is 24.6 Å². The number of rotatable bonds is 8. The quantitative estimate of drug-likeness (QED) is 0.765. The molecular weight excluding hydrogens is 330 g/mol. The number of hydrogen-bond acceptors (Lipinski definition) is 4. The molecule has 0 fully saturated rings. The number of carbonyl (C=O) groups is 2. The zero-order valence-electron chi connectivity index (χ0n) is 14.8. The van der Waals surface area contributed by atoms with Crippen LogP contribution >= 0.6 is 12.4 Å². The van der Waals surface area contributed by atoms with Gasteiger partial charge in [-0.1, -0.05) is 12.1 Å². The van der Waals surface area contributed by atoms with Gasteiger partial charge in [-0.25, -0.2) is 0 Å². The highest BCUT2D eigenvalue weighted by Gasteiger charge is 2.17. The van der Waals surface area contributed by atoms with Crippen LogP contribution in [-0.4, -0.2) is 62.0 Å². The Morgan fingerprint density at radius 1 is 1.21 bits per heavy atom. The van der Waals surface area contributed by atoms with Crippen molar-refractivity contribution in [1.82, 2.24) is 9.80 Å². The first-order chi connectivity index (χ1) is 10.9. The summed E-state index contributed by atoms with van der Waals surface area (Å²) in [5, 5.41) is 0. The molecule has 6 nitrogen and oxygen atoms in total. The van der Waals surface area contributed by atoms with Gasteiger partial charge in [0, 0.05) is 46.4 Å².